The van der Waals surface area contributed by atoms with E-state index in [-0.39, 0.29) is 23.1 Å². The highest BCUT2D eigenvalue weighted by Gasteiger charge is 2.26. The second kappa shape index (κ2) is 7.09. The van der Waals surface area contributed by atoms with Crippen LogP contribution in [0.1, 0.15) is 40.2 Å². The largest absolute Gasteiger partial charge is 0.367 e. The number of pyridine rings is 2. The zero-order chi connectivity index (χ0) is 18.0. The van der Waals surface area contributed by atoms with Crippen molar-refractivity contribution >= 4 is 11.7 Å². The molecule has 1 aliphatic rings. The molecule has 1 fully saturated rings. The van der Waals surface area contributed by atoms with Gasteiger partial charge in [0.2, 0.25) is 0 Å². The first-order valence-electron chi connectivity index (χ1n) is 8.64. The highest BCUT2D eigenvalue weighted by atomic mass is 16.2. The van der Waals surface area contributed by atoms with E-state index in [1.165, 1.54) is 0 Å². The number of aromatic amines is 1. The summed E-state index contributed by atoms with van der Waals surface area (Å²) >= 11 is 0. The Bertz CT molecular complexity index is 836. The highest BCUT2D eigenvalue weighted by molar-refractivity contribution is 5.95. The third-order valence-corrected chi connectivity index (χ3v) is 4.60. The Labute approximate surface area is 147 Å². The van der Waals surface area contributed by atoms with E-state index in [1.807, 2.05) is 45.0 Å². The molecule has 0 bridgehead atoms. The number of hydrogen-bond acceptors (Lipinski definition) is 4. The second-order valence-corrected chi connectivity index (χ2v) is 6.71. The zero-order valence-electron chi connectivity index (χ0n) is 14.9. The predicted molar refractivity (Wildman–Crippen MR) is 98.1 cm³/mol. The normalized spacial score (nSPS) is 15.2. The molecule has 1 aliphatic heterocycles. The van der Waals surface area contributed by atoms with Gasteiger partial charge in [-0.15, -0.1) is 0 Å². The molecule has 2 aromatic heterocycles. The molecule has 0 aromatic carbocycles. The van der Waals surface area contributed by atoms with Crippen molar-refractivity contribution in [2.24, 2.45) is 0 Å². The van der Waals surface area contributed by atoms with Crippen LogP contribution in [0.25, 0.3) is 0 Å². The first kappa shape index (κ1) is 17.2. The average Bonchev–Trinajstić information content (AvgIpc) is 2.54. The summed E-state index contributed by atoms with van der Waals surface area (Å²) in [7, 11) is 0. The Morgan fingerprint density at radius 1 is 1.24 bits per heavy atom. The Balaban J connectivity index is 1.64. The summed E-state index contributed by atoms with van der Waals surface area (Å²) < 4.78 is 0. The molecule has 2 aromatic rings. The minimum Gasteiger partial charge on any atom is -0.367 e. The van der Waals surface area contributed by atoms with Crippen LogP contribution in [0.2, 0.25) is 0 Å². The first-order valence-corrected chi connectivity index (χ1v) is 8.64. The number of carbonyl (C=O) groups is 1. The fourth-order valence-electron chi connectivity index (χ4n) is 3.34. The van der Waals surface area contributed by atoms with Gasteiger partial charge in [-0.1, -0.05) is 6.07 Å². The summed E-state index contributed by atoms with van der Waals surface area (Å²) in [4.78, 5) is 33.9. The lowest BCUT2D eigenvalue weighted by Gasteiger charge is -2.32. The summed E-state index contributed by atoms with van der Waals surface area (Å²) in [6.07, 6.45) is 1.67. The molecule has 3 rings (SSSR count). The molecule has 0 atom stereocenters. The summed E-state index contributed by atoms with van der Waals surface area (Å²) in [6.45, 7) is 6.87. The molecule has 132 valence electrons. The number of H-pyrrole nitrogens is 1. The molecule has 2 N–H and O–H groups in total. The van der Waals surface area contributed by atoms with Crippen LogP contribution in [0.3, 0.4) is 0 Å². The molecule has 1 saturated heterocycles. The summed E-state index contributed by atoms with van der Waals surface area (Å²) in [5.41, 5.74) is 2.44. The average molecular weight is 340 g/mol. The number of likely N-dealkylation sites (tertiary alicyclic amines) is 1. The number of anilines is 1. The molecule has 6 heteroatoms. The van der Waals surface area contributed by atoms with Crippen LogP contribution in [0.4, 0.5) is 5.82 Å². The SMILES string of the molecule is Cc1cccc(NC2CCN(C(=O)c3c(C)cc(C)[nH]c3=O)CC2)n1. The van der Waals surface area contributed by atoms with E-state index < -0.39 is 0 Å². The van der Waals surface area contributed by atoms with E-state index in [4.69, 9.17) is 0 Å². The molecule has 6 nitrogen and oxygen atoms in total. The van der Waals surface area contributed by atoms with Crippen molar-refractivity contribution in [2.45, 2.75) is 39.7 Å². The third-order valence-electron chi connectivity index (χ3n) is 4.60. The van der Waals surface area contributed by atoms with Gasteiger partial charge in [0.15, 0.2) is 0 Å². The number of piperidine rings is 1. The van der Waals surface area contributed by atoms with Crippen LogP contribution >= 0.6 is 0 Å². The highest BCUT2D eigenvalue weighted by Crippen LogP contribution is 2.18. The molecule has 1 amide bonds. The van der Waals surface area contributed by atoms with Crippen molar-refractivity contribution in [2.75, 3.05) is 18.4 Å². The number of hydrogen-bond donors (Lipinski definition) is 2. The van der Waals surface area contributed by atoms with Gasteiger partial charge in [0.1, 0.15) is 11.4 Å². The fourth-order valence-corrected chi connectivity index (χ4v) is 3.34. The molecular formula is C19H24N4O2. The number of nitrogens with zero attached hydrogens (tertiary/aromatic N) is 2. The monoisotopic (exact) mass is 340 g/mol. The maximum absolute atomic E-state index is 12.7. The van der Waals surface area contributed by atoms with Gasteiger partial charge in [-0.2, -0.15) is 0 Å². The van der Waals surface area contributed by atoms with Gasteiger partial charge in [-0.3, -0.25) is 9.59 Å². The number of nitrogens with one attached hydrogen (secondary N) is 2. The van der Waals surface area contributed by atoms with E-state index in [2.05, 4.69) is 15.3 Å². The Morgan fingerprint density at radius 3 is 2.60 bits per heavy atom. The van der Waals surface area contributed by atoms with Crippen LogP contribution in [0, 0.1) is 20.8 Å². The van der Waals surface area contributed by atoms with Gasteiger partial charge in [-0.25, -0.2) is 4.98 Å². The van der Waals surface area contributed by atoms with Gasteiger partial charge < -0.3 is 15.2 Å². The Kier molecular flexibility index (Phi) is 4.88. The maximum atomic E-state index is 12.7. The zero-order valence-corrected chi connectivity index (χ0v) is 14.9. The van der Waals surface area contributed by atoms with E-state index in [0.29, 0.717) is 13.1 Å². The smallest absolute Gasteiger partial charge is 0.261 e. The predicted octanol–water partition coefficient (Wildman–Crippen LogP) is 2.41. The number of rotatable bonds is 3. The van der Waals surface area contributed by atoms with E-state index in [1.54, 1.807) is 4.90 Å². The van der Waals surface area contributed by atoms with Crippen molar-refractivity contribution in [1.29, 1.82) is 0 Å². The Morgan fingerprint density at radius 2 is 1.96 bits per heavy atom. The van der Waals surface area contributed by atoms with Crippen LogP contribution < -0.4 is 10.9 Å². The molecule has 0 unspecified atom stereocenters. The Hall–Kier alpha value is -2.63. The molecule has 0 aliphatic carbocycles. The van der Waals surface area contributed by atoms with Crippen molar-refractivity contribution in [1.82, 2.24) is 14.9 Å². The third kappa shape index (κ3) is 3.90. The minimum atomic E-state index is -0.299. The molecular weight excluding hydrogens is 316 g/mol. The second-order valence-electron chi connectivity index (χ2n) is 6.71. The molecule has 3 heterocycles. The first-order chi connectivity index (χ1) is 11.9. The topological polar surface area (TPSA) is 78.1 Å². The van der Waals surface area contributed by atoms with Crippen molar-refractivity contribution < 1.29 is 4.79 Å². The number of amides is 1. The lowest BCUT2D eigenvalue weighted by atomic mass is 10.0. The number of carbonyl (C=O) groups excluding carboxylic acids is 1. The summed E-state index contributed by atoms with van der Waals surface area (Å²) in [5.74, 6) is 0.696. The van der Waals surface area contributed by atoms with Crippen LogP contribution in [-0.4, -0.2) is 39.9 Å². The fraction of sp³-hybridized carbons (Fsp3) is 0.421. The van der Waals surface area contributed by atoms with Gasteiger partial charge >= 0.3 is 0 Å². The number of aryl methyl sites for hydroxylation is 3. The van der Waals surface area contributed by atoms with E-state index in [9.17, 15) is 9.59 Å². The van der Waals surface area contributed by atoms with Gasteiger partial charge in [0.05, 0.1) is 0 Å². The van der Waals surface area contributed by atoms with Crippen LogP contribution in [0.15, 0.2) is 29.1 Å². The molecule has 25 heavy (non-hydrogen) atoms. The molecule has 0 saturated carbocycles. The molecule has 0 radical (unpaired) electrons. The summed E-state index contributed by atoms with van der Waals surface area (Å²) in [5, 5.41) is 3.43. The van der Waals surface area contributed by atoms with Crippen LogP contribution in [0.5, 0.6) is 0 Å². The van der Waals surface area contributed by atoms with E-state index in [0.717, 1.165) is 35.6 Å². The van der Waals surface area contributed by atoms with Crippen LogP contribution in [-0.2, 0) is 0 Å². The van der Waals surface area contributed by atoms with E-state index >= 15 is 0 Å². The van der Waals surface area contributed by atoms with Gasteiger partial charge in [-0.05, 0) is 57.4 Å². The molecule has 0 spiro atoms. The lowest BCUT2D eigenvalue weighted by molar-refractivity contribution is 0.0716. The van der Waals surface area contributed by atoms with Crippen molar-refractivity contribution in [3.8, 4) is 0 Å². The van der Waals surface area contributed by atoms with Gasteiger partial charge in [0.25, 0.3) is 11.5 Å². The lowest BCUT2D eigenvalue weighted by Crippen LogP contribution is -2.44. The maximum Gasteiger partial charge on any atom is 0.261 e. The van der Waals surface area contributed by atoms with Crippen molar-refractivity contribution in [3.05, 3.63) is 57.1 Å². The summed E-state index contributed by atoms with van der Waals surface area (Å²) in [6, 6.07) is 8.03. The standard InChI is InChI=1S/C19H24N4O2/c1-12-11-14(3)21-18(24)17(12)19(25)23-9-7-15(8-10-23)22-16-6-4-5-13(2)20-16/h4-6,11,15H,7-10H2,1-3H3,(H,20,22)(H,21,24). The minimum absolute atomic E-state index is 0.175. The van der Waals surface area contributed by atoms with Gasteiger partial charge in [0, 0.05) is 30.5 Å². The number of aromatic nitrogens is 2. The quantitative estimate of drug-likeness (QED) is 0.899. The van der Waals surface area contributed by atoms with Crippen molar-refractivity contribution in [3.63, 3.8) is 0 Å².